The van der Waals surface area contributed by atoms with Crippen molar-refractivity contribution in [3.63, 3.8) is 0 Å². The molecular weight excluding hydrogens is 426 g/mol. The van der Waals surface area contributed by atoms with Gasteiger partial charge in [0.15, 0.2) is 0 Å². The first kappa shape index (κ1) is 23.7. The van der Waals surface area contributed by atoms with E-state index in [1.165, 1.54) is 43.4 Å². The zero-order valence-electron chi connectivity index (χ0n) is 19.6. The van der Waals surface area contributed by atoms with E-state index in [2.05, 4.69) is 31.7 Å². The average Bonchev–Trinajstić information content (AvgIpc) is 2.85. The average molecular weight is 457 g/mol. The molecule has 0 fully saturated rings. The highest BCUT2D eigenvalue weighted by molar-refractivity contribution is 5.88. The molecule has 34 heavy (non-hydrogen) atoms. The zero-order chi connectivity index (χ0) is 23.9. The monoisotopic (exact) mass is 456 g/mol. The van der Waals surface area contributed by atoms with E-state index in [1.807, 2.05) is 18.2 Å². The molecule has 0 saturated carbocycles. The first-order valence-corrected chi connectivity index (χ1v) is 12.0. The lowest BCUT2D eigenvalue weighted by Crippen LogP contribution is -1.94. The van der Waals surface area contributed by atoms with Crippen molar-refractivity contribution < 1.29 is 13.5 Å². The third-order valence-electron chi connectivity index (χ3n) is 6.11. The first-order chi connectivity index (χ1) is 16.6. The molecule has 3 heteroatoms. The Balaban J connectivity index is 1.57. The quantitative estimate of drug-likeness (QED) is 0.171. The minimum absolute atomic E-state index is 0.0347. The van der Waals surface area contributed by atoms with Crippen LogP contribution in [0.2, 0.25) is 0 Å². The van der Waals surface area contributed by atoms with Crippen LogP contribution in [0.1, 0.15) is 38.2 Å². The van der Waals surface area contributed by atoms with Crippen molar-refractivity contribution in [2.75, 3.05) is 6.61 Å². The summed E-state index contributed by atoms with van der Waals surface area (Å²) in [4.78, 5) is 0. The third-order valence-corrected chi connectivity index (χ3v) is 6.11. The molecule has 4 aromatic carbocycles. The summed E-state index contributed by atoms with van der Waals surface area (Å²) in [6.45, 7) is 6.21. The summed E-state index contributed by atoms with van der Waals surface area (Å²) in [6, 6.07) is 22.0. The Kier molecular flexibility index (Phi) is 7.74. The van der Waals surface area contributed by atoms with Crippen molar-refractivity contribution in [1.82, 2.24) is 0 Å². The second-order valence-corrected chi connectivity index (χ2v) is 8.65. The molecule has 4 aromatic rings. The highest BCUT2D eigenvalue weighted by Gasteiger charge is 2.15. The smallest absolute Gasteiger partial charge is 0.134 e. The molecule has 1 nitrogen and oxygen atoms in total. The van der Waals surface area contributed by atoms with Gasteiger partial charge in [0.1, 0.15) is 24.0 Å². The first-order valence-electron chi connectivity index (χ1n) is 12.0. The number of fused-ring (bicyclic) bond motifs is 1. The normalized spacial score (nSPS) is 11.0. The van der Waals surface area contributed by atoms with E-state index in [-0.39, 0.29) is 5.56 Å². The maximum absolute atomic E-state index is 15.0. The molecule has 4 rings (SSSR count). The molecule has 0 aromatic heterocycles. The Bertz CT molecular complexity index is 1250. The van der Waals surface area contributed by atoms with Gasteiger partial charge in [-0.3, -0.25) is 0 Å². The highest BCUT2D eigenvalue weighted by Crippen LogP contribution is 2.33. The molecule has 0 spiro atoms. The standard InChI is InChI=1S/C31H30F2O/c1-3-5-6-7-8-22-9-10-25-19-26(12-11-24(25)18-22)27-20-29(32)31(30(33)21-27)23-13-15-28(16-14-23)34-17-4-2/h4,9-16,18-21H,2-3,5-8,17H2,1H3. The van der Waals surface area contributed by atoms with Crippen LogP contribution in [-0.2, 0) is 6.42 Å². The number of unbranched alkanes of at least 4 members (excludes halogenated alkanes) is 3. The molecule has 0 bridgehead atoms. The lowest BCUT2D eigenvalue weighted by atomic mass is 9.96. The van der Waals surface area contributed by atoms with Crippen LogP contribution in [0.5, 0.6) is 5.75 Å². The van der Waals surface area contributed by atoms with Gasteiger partial charge >= 0.3 is 0 Å². The van der Waals surface area contributed by atoms with Crippen molar-refractivity contribution in [3.8, 4) is 28.0 Å². The number of hydrogen-bond donors (Lipinski definition) is 0. The van der Waals surface area contributed by atoms with E-state index < -0.39 is 11.6 Å². The lowest BCUT2D eigenvalue weighted by Gasteiger charge is -2.11. The number of ether oxygens (including phenoxy) is 1. The Morgan fingerprint density at radius 1 is 0.735 bits per heavy atom. The van der Waals surface area contributed by atoms with E-state index in [0.717, 1.165) is 22.8 Å². The highest BCUT2D eigenvalue weighted by atomic mass is 19.1. The Morgan fingerprint density at radius 3 is 2.12 bits per heavy atom. The van der Waals surface area contributed by atoms with Gasteiger partial charge in [-0.25, -0.2) is 8.78 Å². The number of hydrogen-bond acceptors (Lipinski definition) is 1. The largest absolute Gasteiger partial charge is 0.490 e. The predicted octanol–water partition coefficient (Wildman–Crippen LogP) is 9.14. The van der Waals surface area contributed by atoms with Gasteiger partial charge in [0.25, 0.3) is 0 Å². The van der Waals surface area contributed by atoms with E-state index in [4.69, 9.17) is 4.74 Å². The van der Waals surface area contributed by atoms with Crippen molar-refractivity contribution in [2.24, 2.45) is 0 Å². The lowest BCUT2D eigenvalue weighted by molar-refractivity contribution is 0.363. The number of aryl methyl sites for hydroxylation is 1. The number of benzene rings is 4. The van der Waals surface area contributed by atoms with Gasteiger partial charge < -0.3 is 4.74 Å². The predicted molar refractivity (Wildman–Crippen MR) is 138 cm³/mol. The van der Waals surface area contributed by atoms with Gasteiger partial charge in [-0.2, -0.15) is 0 Å². The molecular formula is C31H30F2O. The van der Waals surface area contributed by atoms with Gasteiger partial charge in [-0.15, -0.1) is 0 Å². The number of halogens is 2. The van der Waals surface area contributed by atoms with Gasteiger partial charge in [-0.05, 0) is 76.2 Å². The van der Waals surface area contributed by atoms with Crippen LogP contribution in [0.3, 0.4) is 0 Å². The van der Waals surface area contributed by atoms with Crippen molar-refractivity contribution in [3.05, 3.63) is 103 Å². The fourth-order valence-corrected chi connectivity index (χ4v) is 4.27. The maximum Gasteiger partial charge on any atom is 0.134 e. The van der Waals surface area contributed by atoms with Crippen LogP contribution in [0.4, 0.5) is 8.78 Å². The van der Waals surface area contributed by atoms with E-state index in [9.17, 15) is 0 Å². The summed E-state index contributed by atoms with van der Waals surface area (Å²) in [6.07, 6.45) is 7.70. The van der Waals surface area contributed by atoms with Crippen molar-refractivity contribution >= 4 is 10.8 Å². The molecule has 0 heterocycles. The molecule has 0 N–H and O–H groups in total. The summed E-state index contributed by atoms with van der Waals surface area (Å²) >= 11 is 0. The Labute approximate surface area is 200 Å². The van der Waals surface area contributed by atoms with Gasteiger partial charge in [0.2, 0.25) is 0 Å². The second-order valence-electron chi connectivity index (χ2n) is 8.65. The van der Waals surface area contributed by atoms with Gasteiger partial charge in [0, 0.05) is 0 Å². The molecule has 0 aliphatic carbocycles. The Morgan fingerprint density at radius 2 is 1.41 bits per heavy atom. The molecule has 0 atom stereocenters. The van der Waals surface area contributed by atoms with Crippen molar-refractivity contribution in [1.29, 1.82) is 0 Å². The van der Waals surface area contributed by atoms with Crippen LogP contribution in [0.25, 0.3) is 33.0 Å². The number of rotatable bonds is 10. The van der Waals surface area contributed by atoms with E-state index in [1.54, 1.807) is 30.3 Å². The Hall–Kier alpha value is -3.46. The van der Waals surface area contributed by atoms with Crippen molar-refractivity contribution in [2.45, 2.75) is 39.0 Å². The molecule has 0 aliphatic rings. The molecule has 0 radical (unpaired) electrons. The van der Waals surface area contributed by atoms with Crippen LogP contribution >= 0.6 is 0 Å². The fourth-order valence-electron chi connectivity index (χ4n) is 4.27. The van der Waals surface area contributed by atoms with Gasteiger partial charge in [0.05, 0.1) is 5.56 Å². The molecule has 174 valence electrons. The third kappa shape index (κ3) is 5.53. The summed E-state index contributed by atoms with van der Waals surface area (Å²) < 4.78 is 35.5. The van der Waals surface area contributed by atoms with E-state index >= 15 is 8.78 Å². The van der Waals surface area contributed by atoms with Gasteiger partial charge in [-0.1, -0.05) is 81.3 Å². The minimum Gasteiger partial charge on any atom is -0.490 e. The van der Waals surface area contributed by atoms with Crippen LogP contribution < -0.4 is 4.74 Å². The van der Waals surface area contributed by atoms with Crippen LogP contribution in [0, 0.1) is 11.6 Å². The molecule has 0 unspecified atom stereocenters. The molecule has 0 saturated heterocycles. The summed E-state index contributed by atoms with van der Waals surface area (Å²) in [5, 5.41) is 2.21. The summed E-state index contributed by atoms with van der Waals surface area (Å²) in [5.41, 5.74) is 3.08. The fraction of sp³-hybridized carbons (Fsp3) is 0.226. The molecule has 0 amide bonds. The second kappa shape index (κ2) is 11.1. The van der Waals surface area contributed by atoms with Crippen LogP contribution in [-0.4, -0.2) is 6.61 Å². The maximum atomic E-state index is 15.0. The topological polar surface area (TPSA) is 9.23 Å². The van der Waals surface area contributed by atoms with Crippen LogP contribution in [0.15, 0.2) is 85.5 Å². The van der Waals surface area contributed by atoms with E-state index in [0.29, 0.717) is 23.5 Å². The SMILES string of the molecule is C=CCOc1ccc(-c2c(F)cc(-c3ccc4cc(CCCCCC)ccc4c3)cc2F)cc1. The summed E-state index contributed by atoms with van der Waals surface area (Å²) in [5.74, 6) is -0.545. The zero-order valence-corrected chi connectivity index (χ0v) is 19.6. The minimum atomic E-state index is -0.586. The molecule has 0 aliphatic heterocycles. The summed E-state index contributed by atoms with van der Waals surface area (Å²) in [7, 11) is 0.